The molecule has 0 atom stereocenters. The fraction of sp³-hybridized carbons (Fsp3) is 0.500. The third-order valence-electron chi connectivity index (χ3n) is 2.59. The van der Waals surface area contributed by atoms with Gasteiger partial charge >= 0.3 is 6.18 Å². The summed E-state index contributed by atoms with van der Waals surface area (Å²) in [6.45, 7) is 2.44. The highest BCUT2D eigenvalue weighted by Crippen LogP contribution is 2.40. The molecule has 0 spiro atoms. The van der Waals surface area contributed by atoms with Crippen LogP contribution in [-0.4, -0.2) is 18.4 Å². The number of benzene rings is 1. The highest BCUT2D eigenvalue weighted by atomic mass is 19.4. The Bertz CT molecular complexity index is 469. The average molecular weight is 261 g/mol. The van der Waals surface area contributed by atoms with E-state index in [2.05, 4.69) is 4.74 Å². The summed E-state index contributed by atoms with van der Waals surface area (Å²) >= 11 is 0. The molecule has 0 amide bonds. The Balaban J connectivity index is 2.20. The first-order valence-electron chi connectivity index (χ1n) is 5.47. The second-order valence-electron chi connectivity index (χ2n) is 4.94. The Morgan fingerprint density at radius 2 is 2.06 bits per heavy atom. The Labute approximate surface area is 103 Å². The first kappa shape index (κ1) is 12.9. The van der Waals surface area contributed by atoms with Crippen LogP contribution in [0, 0.1) is 0 Å². The van der Waals surface area contributed by atoms with Crippen molar-refractivity contribution in [3.8, 4) is 11.5 Å². The van der Waals surface area contributed by atoms with Gasteiger partial charge in [-0.25, -0.2) is 0 Å². The van der Waals surface area contributed by atoms with E-state index in [0.717, 1.165) is 5.56 Å². The Hall–Kier alpha value is -1.59. The van der Waals surface area contributed by atoms with E-state index in [4.69, 9.17) is 10.5 Å². The minimum absolute atomic E-state index is 0.00350. The number of anilines is 1. The number of fused-ring (bicyclic) bond motifs is 1. The number of rotatable bonds is 2. The molecule has 0 aromatic heterocycles. The molecule has 1 heterocycles. The zero-order chi connectivity index (χ0) is 13.6. The number of nitrogens with two attached hydrogens (primary N) is 1. The third-order valence-corrected chi connectivity index (χ3v) is 2.59. The van der Waals surface area contributed by atoms with Crippen LogP contribution in [0.15, 0.2) is 12.1 Å². The molecule has 2 N–H and O–H groups in total. The van der Waals surface area contributed by atoms with Gasteiger partial charge in [0.1, 0.15) is 17.1 Å². The maximum absolute atomic E-state index is 12.1. The van der Waals surface area contributed by atoms with Crippen molar-refractivity contribution < 1.29 is 22.6 Å². The molecule has 18 heavy (non-hydrogen) atoms. The molecule has 0 saturated heterocycles. The quantitative estimate of drug-likeness (QED) is 0.832. The summed E-state index contributed by atoms with van der Waals surface area (Å²) < 4.78 is 46.5. The van der Waals surface area contributed by atoms with Crippen molar-refractivity contribution in [3.05, 3.63) is 17.7 Å². The van der Waals surface area contributed by atoms with Gasteiger partial charge in [0.15, 0.2) is 6.61 Å². The fourth-order valence-corrected chi connectivity index (χ4v) is 1.94. The van der Waals surface area contributed by atoms with E-state index in [9.17, 15) is 13.2 Å². The Morgan fingerprint density at radius 3 is 2.67 bits per heavy atom. The van der Waals surface area contributed by atoms with Gasteiger partial charge < -0.3 is 15.2 Å². The third kappa shape index (κ3) is 2.80. The number of halogens is 3. The van der Waals surface area contributed by atoms with Gasteiger partial charge in [0.2, 0.25) is 0 Å². The molecule has 0 fully saturated rings. The van der Waals surface area contributed by atoms with E-state index >= 15 is 0 Å². The standard InChI is InChI=1S/C12H14F3NO2/c1-11(2)5-7-3-8(16)10(4-9(7)18-11)17-6-12(13,14)15/h3-4H,5-6,16H2,1-2H3. The average Bonchev–Trinajstić information content (AvgIpc) is 2.46. The van der Waals surface area contributed by atoms with Crippen LogP contribution in [-0.2, 0) is 6.42 Å². The molecular weight excluding hydrogens is 247 g/mol. The van der Waals surface area contributed by atoms with Gasteiger partial charge in [0, 0.05) is 18.1 Å². The topological polar surface area (TPSA) is 44.5 Å². The molecule has 3 nitrogen and oxygen atoms in total. The van der Waals surface area contributed by atoms with Crippen molar-refractivity contribution in [1.82, 2.24) is 0 Å². The smallest absolute Gasteiger partial charge is 0.422 e. The molecule has 0 radical (unpaired) electrons. The summed E-state index contributed by atoms with van der Waals surface area (Å²) in [4.78, 5) is 0. The van der Waals surface area contributed by atoms with Crippen LogP contribution in [0.4, 0.5) is 18.9 Å². The zero-order valence-electron chi connectivity index (χ0n) is 10.1. The van der Waals surface area contributed by atoms with Crippen molar-refractivity contribution >= 4 is 5.69 Å². The molecule has 1 aliphatic rings. The predicted octanol–water partition coefficient (Wildman–Crippen LogP) is 2.92. The highest BCUT2D eigenvalue weighted by Gasteiger charge is 2.32. The first-order chi connectivity index (χ1) is 8.16. The van der Waals surface area contributed by atoms with Crippen LogP contribution in [0.5, 0.6) is 11.5 Å². The lowest BCUT2D eigenvalue weighted by Crippen LogP contribution is -2.24. The van der Waals surface area contributed by atoms with E-state index in [1.54, 1.807) is 6.07 Å². The van der Waals surface area contributed by atoms with E-state index in [0.29, 0.717) is 12.2 Å². The lowest BCUT2D eigenvalue weighted by Gasteiger charge is -2.17. The zero-order valence-corrected chi connectivity index (χ0v) is 10.1. The van der Waals surface area contributed by atoms with Gasteiger partial charge in [-0.15, -0.1) is 0 Å². The Morgan fingerprint density at radius 1 is 1.39 bits per heavy atom. The minimum atomic E-state index is -4.38. The van der Waals surface area contributed by atoms with E-state index < -0.39 is 12.8 Å². The molecule has 0 unspecified atom stereocenters. The van der Waals surface area contributed by atoms with Crippen LogP contribution in [0.3, 0.4) is 0 Å². The maximum atomic E-state index is 12.1. The van der Waals surface area contributed by atoms with Gasteiger partial charge in [-0.05, 0) is 19.9 Å². The molecule has 6 heteroatoms. The van der Waals surface area contributed by atoms with Gasteiger partial charge in [0.05, 0.1) is 5.69 Å². The molecule has 1 aliphatic heterocycles. The number of ether oxygens (including phenoxy) is 2. The largest absolute Gasteiger partial charge is 0.487 e. The summed E-state index contributed by atoms with van der Waals surface area (Å²) in [7, 11) is 0. The number of hydrogen-bond acceptors (Lipinski definition) is 3. The van der Waals surface area contributed by atoms with Crippen LogP contribution in [0.25, 0.3) is 0 Å². The number of hydrogen-bond donors (Lipinski definition) is 1. The second kappa shape index (κ2) is 3.96. The van der Waals surface area contributed by atoms with E-state index in [1.165, 1.54) is 6.07 Å². The molecule has 0 aliphatic carbocycles. The molecule has 2 rings (SSSR count). The Kier molecular flexibility index (Phi) is 2.83. The summed E-state index contributed by atoms with van der Waals surface area (Å²) in [5.74, 6) is 0.537. The predicted molar refractivity (Wildman–Crippen MR) is 60.8 cm³/mol. The summed E-state index contributed by atoms with van der Waals surface area (Å²) in [5.41, 5.74) is 6.38. The monoisotopic (exact) mass is 261 g/mol. The van der Waals surface area contributed by atoms with Crippen LogP contribution < -0.4 is 15.2 Å². The van der Waals surface area contributed by atoms with Crippen molar-refractivity contribution in [2.45, 2.75) is 32.0 Å². The molecule has 100 valence electrons. The lowest BCUT2D eigenvalue weighted by atomic mass is 10.0. The summed E-state index contributed by atoms with van der Waals surface area (Å²) in [6.07, 6.45) is -3.71. The van der Waals surface area contributed by atoms with Crippen LogP contribution in [0.2, 0.25) is 0 Å². The first-order valence-corrected chi connectivity index (χ1v) is 5.47. The highest BCUT2D eigenvalue weighted by molar-refractivity contribution is 5.60. The maximum Gasteiger partial charge on any atom is 0.422 e. The lowest BCUT2D eigenvalue weighted by molar-refractivity contribution is -0.153. The van der Waals surface area contributed by atoms with Crippen LogP contribution >= 0.6 is 0 Å². The molecule has 0 saturated carbocycles. The van der Waals surface area contributed by atoms with Gasteiger partial charge in [0.25, 0.3) is 0 Å². The van der Waals surface area contributed by atoms with E-state index in [-0.39, 0.29) is 17.0 Å². The van der Waals surface area contributed by atoms with Crippen molar-refractivity contribution in [1.29, 1.82) is 0 Å². The van der Waals surface area contributed by atoms with Gasteiger partial charge in [-0.1, -0.05) is 0 Å². The SMILES string of the molecule is CC1(C)Cc2cc(N)c(OCC(F)(F)F)cc2O1. The molecule has 0 bridgehead atoms. The molecular formula is C12H14F3NO2. The fourth-order valence-electron chi connectivity index (χ4n) is 1.94. The van der Waals surface area contributed by atoms with Crippen molar-refractivity contribution in [2.24, 2.45) is 0 Å². The number of nitrogen functional groups attached to an aromatic ring is 1. The normalized spacial score (nSPS) is 17.2. The summed E-state index contributed by atoms with van der Waals surface area (Å²) in [6, 6.07) is 3.03. The van der Waals surface area contributed by atoms with Gasteiger partial charge in [-0.2, -0.15) is 13.2 Å². The van der Waals surface area contributed by atoms with Crippen molar-refractivity contribution in [3.63, 3.8) is 0 Å². The molecule has 1 aromatic rings. The second-order valence-corrected chi connectivity index (χ2v) is 4.94. The molecule has 1 aromatic carbocycles. The van der Waals surface area contributed by atoms with Crippen LogP contribution in [0.1, 0.15) is 19.4 Å². The summed E-state index contributed by atoms with van der Waals surface area (Å²) in [5, 5.41) is 0. The number of alkyl halides is 3. The minimum Gasteiger partial charge on any atom is -0.487 e. The van der Waals surface area contributed by atoms with Gasteiger partial charge in [-0.3, -0.25) is 0 Å². The van der Waals surface area contributed by atoms with Crippen molar-refractivity contribution in [2.75, 3.05) is 12.3 Å². The van der Waals surface area contributed by atoms with E-state index in [1.807, 2.05) is 13.8 Å².